The fraction of sp³-hybridized carbons (Fsp3) is 0.286. The molecule has 7 heteroatoms. The third-order valence-electron chi connectivity index (χ3n) is 4.36. The second-order valence-corrected chi connectivity index (χ2v) is 6.61. The van der Waals surface area contributed by atoms with Gasteiger partial charge < -0.3 is 19.3 Å². The Labute approximate surface area is 163 Å². The summed E-state index contributed by atoms with van der Waals surface area (Å²) in [5.41, 5.74) is 1.33. The van der Waals surface area contributed by atoms with Crippen LogP contribution in [0.15, 0.2) is 53.1 Å². The van der Waals surface area contributed by atoms with Crippen molar-refractivity contribution in [3.05, 3.63) is 60.0 Å². The van der Waals surface area contributed by atoms with Gasteiger partial charge in [-0.15, -0.1) is 0 Å². The van der Waals surface area contributed by atoms with Crippen molar-refractivity contribution in [2.24, 2.45) is 5.92 Å². The van der Waals surface area contributed by atoms with E-state index in [0.29, 0.717) is 23.0 Å². The van der Waals surface area contributed by atoms with E-state index in [1.807, 2.05) is 38.1 Å². The van der Waals surface area contributed by atoms with Crippen LogP contribution in [0.5, 0.6) is 11.5 Å². The molecule has 1 amide bonds. The molecule has 0 saturated carbocycles. The first-order valence-electron chi connectivity index (χ1n) is 8.94. The molecule has 146 valence electrons. The smallest absolute Gasteiger partial charge is 0.251 e. The number of rotatable bonds is 7. The third kappa shape index (κ3) is 4.31. The monoisotopic (exact) mass is 381 g/mol. The minimum Gasteiger partial charge on any atom is -0.497 e. The van der Waals surface area contributed by atoms with E-state index in [4.69, 9.17) is 14.0 Å². The van der Waals surface area contributed by atoms with E-state index >= 15 is 0 Å². The molecule has 0 fully saturated rings. The van der Waals surface area contributed by atoms with E-state index in [-0.39, 0.29) is 11.8 Å². The van der Waals surface area contributed by atoms with Gasteiger partial charge in [-0.3, -0.25) is 4.79 Å². The van der Waals surface area contributed by atoms with Crippen LogP contribution in [0.2, 0.25) is 0 Å². The van der Waals surface area contributed by atoms with Gasteiger partial charge in [0, 0.05) is 11.1 Å². The average molecular weight is 381 g/mol. The van der Waals surface area contributed by atoms with Gasteiger partial charge in [-0.05, 0) is 54.4 Å². The first-order valence-corrected chi connectivity index (χ1v) is 8.94. The van der Waals surface area contributed by atoms with E-state index in [2.05, 4.69) is 15.5 Å². The zero-order valence-corrected chi connectivity index (χ0v) is 16.3. The van der Waals surface area contributed by atoms with E-state index < -0.39 is 6.04 Å². The summed E-state index contributed by atoms with van der Waals surface area (Å²) in [5, 5.41) is 7.03. The predicted octanol–water partition coefficient (Wildman–Crippen LogP) is 3.88. The summed E-state index contributed by atoms with van der Waals surface area (Å²) in [5.74, 6) is 2.11. The van der Waals surface area contributed by atoms with Gasteiger partial charge in [-0.1, -0.05) is 19.0 Å². The highest BCUT2D eigenvalue weighted by molar-refractivity contribution is 5.94. The molecule has 2 aromatic carbocycles. The summed E-state index contributed by atoms with van der Waals surface area (Å²) >= 11 is 0. The molecule has 28 heavy (non-hydrogen) atoms. The summed E-state index contributed by atoms with van der Waals surface area (Å²) in [4.78, 5) is 17.1. The number of amides is 1. The Morgan fingerprint density at radius 2 is 1.54 bits per heavy atom. The molecule has 1 heterocycles. The Bertz CT molecular complexity index is 918. The molecule has 1 aromatic heterocycles. The molecule has 0 radical (unpaired) electrons. The highest BCUT2D eigenvalue weighted by Gasteiger charge is 2.25. The lowest BCUT2D eigenvalue weighted by Gasteiger charge is -2.18. The molecule has 1 N–H and O–H groups in total. The van der Waals surface area contributed by atoms with Crippen molar-refractivity contribution >= 4 is 5.91 Å². The number of aromatic nitrogens is 2. The van der Waals surface area contributed by atoms with Gasteiger partial charge in [-0.2, -0.15) is 4.98 Å². The fourth-order valence-corrected chi connectivity index (χ4v) is 2.70. The lowest BCUT2D eigenvalue weighted by Crippen LogP contribution is -2.32. The summed E-state index contributed by atoms with van der Waals surface area (Å²) in [7, 11) is 3.19. The number of nitrogens with zero attached hydrogens (tertiary/aromatic N) is 2. The first-order chi connectivity index (χ1) is 13.5. The van der Waals surface area contributed by atoms with Crippen molar-refractivity contribution in [3.63, 3.8) is 0 Å². The van der Waals surface area contributed by atoms with Crippen LogP contribution in [0.1, 0.15) is 36.1 Å². The van der Waals surface area contributed by atoms with Crippen molar-refractivity contribution < 1.29 is 18.8 Å². The molecule has 0 aliphatic heterocycles. The molecule has 0 saturated heterocycles. The minimum atomic E-state index is -0.408. The van der Waals surface area contributed by atoms with Gasteiger partial charge >= 0.3 is 0 Å². The summed E-state index contributed by atoms with van der Waals surface area (Å²) in [6.45, 7) is 3.96. The second kappa shape index (κ2) is 8.56. The lowest BCUT2D eigenvalue weighted by atomic mass is 10.0. The molecule has 3 aromatic rings. The quantitative estimate of drug-likeness (QED) is 0.668. The Hall–Kier alpha value is -3.35. The van der Waals surface area contributed by atoms with Gasteiger partial charge in [0.05, 0.1) is 14.2 Å². The molecule has 0 spiro atoms. The maximum Gasteiger partial charge on any atom is 0.251 e. The number of carbonyl (C=O) groups excluding carboxylic acids is 1. The second-order valence-electron chi connectivity index (χ2n) is 6.61. The van der Waals surface area contributed by atoms with Crippen molar-refractivity contribution in [2.45, 2.75) is 19.9 Å². The van der Waals surface area contributed by atoms with Crippen molar-refractivity contribution in [1.29, 1.82) is 0 Å². The average Bonchev–Trinajstić information content (AvgIpc) is 3.21. The number of nitrogens with one attached hydrogen (secondary N) is 1. The van der Waals surface area contributed by atoms with Crippen LogP contribution in [0, 0.1) is 5.92 Å². The zero-order chi connectivity index (χ0) is 20.1. The van der Waals surface area contributed by atoms with Gasteiger partial charge in [0.2, 0.25) is 11.7 Å². The maximum absolute atomic E-state index is 12.6. The molecule has 0 aliphatic rings. The fourth-order valence-electron chi connectivity index (χ4n) is 2.70. The zero-order valence-electron chi connectivity index (χ0n) is 16.3. The van der Waals surface area contributed by atoms with Crippen LogP contribution in [0.3, 0.4) is 0 Å². The van der Waals surface area contributed by atoms with Crippen LogP contribution in [-0.4, -0.2) is 30.3 Å². The number of methoxy groups -OCH3 is 2. The maximum atomic E-state index is 12.6. The summed E-state index contributed by atoms with van der Waals surface area (Å²) in [6, 6.07) is 13.9. The molecule has 0 bridgehead atoms. The number of ether oxygens (including phenoxy) is 2. The third-order valence-corrected chi connectivity index (χ3v) is 4.36. The van der Waals surface area contributed by atoms with Gasteiger partial charge in [0.25, 0.3) is 5.91 Å². The minimum absolute atomic E-state index is 0.0614. The molecule has 1 unspecified atom stereocenters. The molecular formula is C21H23N3O4. The van der Waals surface area contributed by atoms with Crippen molar-refractivity contribution in [1.82, 2.24) is 15.5 Å². The van der Waals surface area contributed by atoms with Crippen LogP contribution >= 0.6 is 0 Å². The SMILES string of the molecule is COc1ccc(C(=O)NC(c2nc(-c3ccc(OC)cc3)no2)C(C)C)cc1. The van der Waals surface area contributed by atoms with Crippen molar-refractivity contribution in [2.75, 3.05) is 14.2 Å². The number of benzene rings is 2. The molecule has 7 nitrogen and oxygen atoms in total. The standard InChI is InChI=1S/C21H23N3O4/c1-13(2)18(22-20(25)15-7-11-17(27-4)12-8-15)21-23-19(24-28-21)14-5-9-16(26-3)10-6-14/h5-13,18H,1-4H3,(H,22,25). The Kier molecular flexibility index (Phi) is 5.93. The number of hydrogen-bond donors (Lipinski definition) is 1. The highest BCUT2D eigenvalue weighted by atomic mass is 16.5. The summed E-state index contributed by atoms with van der Waals surface area (Å²) in [6.07, 6.45) is 0. The van der Waals surface area contributed by atoms with Gasteiger partial charge in [0.1, 0.15) is 17.5 Å². The van der Waals surface area contributed by atoms with E-state index in [1.165, 1.54) is 0 Å². The largest absolute Gasteiger partial charge is 0.497 e. The number of hydrogen-bond acceptors (Lipinski definition) is 6. The Morgan fingerprint density at radius 1 is 0.964 bits per heavy atom. The highest BCUT2D eigenvalue weighted by Crippen LogP contribution is 2.25. The van der Waals surface area contributed by atoms with Crippen LogP contribution < -0.4 is 14.8 Å². The van der Waals surface area contributed by atoms with Crippen LogP contribution in [0.4, 0.5) is 0 Å². The summed E-state index contributed by atoms with van der Waals surface area (Å²) < 4.78 is 15.7. The number of carbonyl (C=O) groups is 1. The molecule has 0 aliphatic carbocycles. The van der Waals surface area contributed by atoms with Gasteiger partial charge in [0.15, 0.2) is 0 Å². The topological polar surface area (TPSA) is 86.5 Å². The first kappa shape index (κ1) is 19.4. The molecular weight excluding hydrogens is 358 g/mol. The molecule has 3 rings (SSSR count). The van der Waals surface area contributed by atoms with Crippen LogP contribution in [-0.2, 0) is 0 Å². The van der Waals surface area contributed by atoms with E-state index in [0.717, 1.165) is 11.3 Å². The van der Waals surface area contributed by atoms with Crippen molar-refractivity contribution in [3.8, 4) is 22.9 Å². The van der Waals surface area contributed by atoms with E-state index in [9.17, 15) is 4.79 Å². The predicted molar refractivity (Wildman–Crippen MR) is 104 cm³/mol. The van der Waals surface area contributed by atoms with Gasteiger partial charge in [-0.25, -0.2) is 0 Å². The lowest BCUT2D eigenvalue weighted by molar-refractivity contribution is 0.0914. The normalized spacial score (nSPS) is 11.9. The van der Waals surface area contributed by atoms with E-state index in [1.54, 1.807) is 38.5 Å². The van der Waals surface area contributed by atoms with Crippen LogP contribution in [0.25, 0.3) is 11.4 Å². The Balaban J connectivity index is 1.78. The molecule has 1 atom stereocenters. The Morgan fingerprint density at radius 3 is 2.07 bits per heavy atom.